The molecule has 0 radical (unpaired) electrons. The molecule has 0 aliphatic carbocycles. The number of hydrogen-bond acceptors (Lipinski definition) is 3. The average Bonchev–Trinajstić information content (AvgIpc) is 2.28. The molecular weight excluding hydrogens is 327 g/mol. The molecular formula is C13H21IN2O. The normalized spacial score (nSPS) is 12.4. The highest BCUT2D eigenvalue weighted by atomic mass is 127. The molecule has 1 aromatic carbocycles. The topological polar surface area (TPSA) is 58.3 Å². The summed E-state index contributed by atoms with van der Waals surface area (Å²) in [7, 11) is 0. The first-order valence-electron chi connectivity index (χ1n) is 6.07. The highest BCUT2D eigenvalue weighted by Crippen LogP contribution is 2.22. The van der Waals surface area contributed by atoms with E-state index in [9.17, 15) is 0 Å². The minimum atomic E-state index is 0.258. The maximum absolute atomic E-state index is 9.00. The fourth-order valence-corrected chi connectivity index (χ4v) is 2.40. The molecule has 0 heterocycles. The highest BCUT2D eigenvalue weighted by molar-refractivity contribution is 14.1. The molecule has 1 aromatic rings. The van der Waals surface area contributed by atoms with Crippen molar-refractivity contribution in [2.45, 2.75) is 26.2 Å². The SMILES string of the molecule is CCCC(CCO)CNc1ccc(I)cc1N. The van der Waals surface area contributed by atoms with E-state index in [2.05, 4.69) is 34.8 Å². The zero-order valence-corrected chi connectivity index (χ0v) is 12.4. The van der Waals surface area contributed by atoms with E-state index in [0.717, 1.165) is 40.8 Å². The molecule has 0 bridgehead atoms. The van der Waals surface area contributed by atoms with Crippen LogP contribution in [-0.4, -0.2) is 18.3 Å². The summed E-state index contributed by atoms with van der Waals surface area (Å²) >= 11 is 2.25. The molecule has 0 fully saturated rings. The fraction of sp³-hybridized carbons (Fsp3) is 0.538. The fourth-order valence-electron chi connectivity index (χ4n) is 1.89. The van der Waals surface area contributed by atoms with Crippen LogP contribution in [0, 0.1) is 9.49 Å². The Morgan fingerprint density at radius 1 is 1.41 bits per heavy atom. The number of aliphatic hydroxyl groups is 1. The average molecular weight is 348 g/mol. The monoisotopic (exact) mass is 348 g/mol. The van der Waals surface area contributed by atoms with Gasteiger partial charge in [0.05, 0.1) is 11.4 Å². The van der Waals surface area contributed by atoms with Gasteiger partial charge in [-0.15, -0.1) is 0 Å². The predicted octanol–water partition coefficient (Wildman–Crippen LogP) is 3.08. The molecule has 1 atom stereocenters. The molecule has 0 aliphatic rings. The summed E-state index contributed by atoms with van der Waals surface area (Å²) in [5.74, 6) is 0.517. The first kappa shape index (κ1) is 14.6. The lowest BCUT2D eigenvalue weighted by atomic mass is 10.00. The molecule has 0 saturated heterocycles. The number of rotatable bonds is 7. The summed E-state index contributed by atoms with van der Waals surface area (Å²) < 4.78 is 1.14. The van der Waals surface area contributed by atoms with Crippen LogP contribution in [0.3, 0.4) is 0 Å². The van der Waals surface area contributed by atoms with Crippen molar-refractivity contribution >= 4 is 34.0 Å². The molecule has 0 aliphatic heterocycles. The first-order chi connectivity index (χ1) is 8.17. The van der Waals surface area contributed by atoms with E-state index in [1.807, 2.05) is 18.2 Å². The van der Waals surface area contributed by atoms with Gasteiger partial charge in [-0.25, -0.2) is 0 Å². The highest BCUT2D eigenvalue weighted by Gasteiger charge is 2.08. The van der Waals surface area contributed by atoms with Crippen molar-refractivity contribution in [2.24, 2.45) is 5.92 Å². The lowest BCUT2D eigenvalue weighted by Crippen LogP contribution is -2.16. The van der Waals surface area contributed by atoms with Gasteiger partial charge in [0, 0.05) is 16.7 Å². The van der Waals surface area contributed by atoms with Crippen LogP contribution in [0.5, 0.6) is 0 Å². The van der Waals surface area contributed by atoms with Gasteiger partial charge < -0.3 is 16.2 Å². The Morgan fingerprint density at radius 3 is 2.76 bits per heavy atom. The zero-order chi connectivity index (χ0) is 12.7. The van der Waals surface area contributed by atoms with Gasteiger partial charge in [-0.1, -0.05) is 13.3 Å². The number of nitrogens with one attached hydrogen (secondary N) is 1. The third kappa shape index (κ3) is 5.12. The second-order valence-corrected chi connectivity index (χ2v) is 5.53. The summed E-state index contributed by atoms with van der Waals surface area (Å²) in [4.78, 5) is 0. The Kier molecular flexibility index (Phi) is 6.65. The molecule has 4 heteroatoms. The van der Waals surface area contributed by atoms with E-state index >= 15 is 0 Å². The molecule has 0 amide bonds. The second kappa shape index (κ2) is 7.76. The Balaban J connectivity index is 2.52. The lowest BCUT2D eigenvalue weighted by Gasteiger charge is -2.17. The van der Waals surface area contributed by atoms with E-state index < -0.39 is 0 Å². The van der Waals surface area contributed by atoms with Crippen LogP contribution in [0.2, 0.25) is 0 Å². The van der Waals surface area contributed by atoms with Crippen LogP contribution in [0.25, 0.3) is 0 Å². The van der Waals surface area contributed by atoms with Crippen molar-refractivity contribution in [3.05, 3.63) is 21.8 Å². The van der Waals surface area contributed by atoms with Crippen molar-refractivity contribution in [2.75, 3.05) is 24.2 Å². The quantitative estimate of drug-likeness (QED) is 0.524. The molecule has 0 aromatic heterocycles. The van der Waals surface area contributed by atoms with Crippen molar-refractivity contribution < 1.29 is 5.11 Å². The Bertz CT molecular complexity index is 338. The van der Waals surface area contributed by atoms with Gasteiger partial charge in [0.1, 0.15) is 0 Å². The largest absolute Gasteiger partial charge is 0.397 e. The van der Waals surface area contributed by atoms with Crippen LogP contribution >= 0.6 is 22.6 Å². The summed E-state index contributed by atoms with van der Waals surface area (Å²) in [6.45, 7) is 3.30. The standard InChI is InChI=1S/C13H21IN2O/c1-2-3-10(6-7-17)9-16-13-5-4-11(14)8-12(13)15/h4-5,8,10,16-17H,2-3,6-7,9,15H2,1H3. The predicted molar refractivity (Wildman–Crippen MR) is 82.2 cm³/mol. The van der Waals surface area contributed by atoms with Crippen molar-refractivity contribution in [1.82, 2.24) is 0 Å². The molecule has 96 valence electrons. The summed E-state index contributed by atoms with van der Waals surface area (Å²) in [5.41, 5.74) is 7.72. The molecule has 0 spiro atoms. The summed E-state index contributed by atoms with van der Waals surface area (Å²) in [5, 5.41) is 12.4. The van der Waals surface area contributed by atoms with E-state index in [-0.39, 0.29) is 6.61 Å². The van der Waals surface area contributed by atoms with Crippen LogP contribution in [-0.2, 0) is 0 Å². The van der Waals surface area contributed by atoms with Crippen LogP contribution in [0.1, 0.15) is 26.2 Å². The molecule has 17 heavy (non-hydrogen) atoms. The van der Waals surface area contributed by atoms with Crippen molar-refractivity contribution in [1.29, 1.82) is 0 Å². The number of hydrogen-bond donors (Lipinski definition) is 3. The van der Waals surface area contributed by atoms with Gasteiger partial charge in [-0.2, -0.15) is 0 Å². The van der Waals surface area contributed by atoms with Crippen LogP contribution in [0.15, 0.2) is 18.2 Å². The second-order valence-electron chi connectivity index (χ2n) is 4.28. The number of benzene rings is 1. The van der Waals surface area contributed by atoms with Crippen molar-refractivity contribution in [3.63, 3.8) is 0 Å². The number of aliphatic hydroxyl groups excluding tert-OH is 1. The van der Waals surface area contributed by atoms with E-state index in [1.165, 1.54) is 0 Å². The Morgan fingerprint density at radius 2 is 2.18 bits per heavy atom. The van der Waals surface area contributed by atoms with Gasteiger partial charge in [0.2, 0.25) is 0 Å². The maximum atomic E-state index is 9.00. The van der Waals surface area contributed by atoms with Gasteiger partial charge in [0.15, 0.2) is 0 Å². The van der Waals surface area contributed by atoms with Gasteiger partial charge in [0.25, 0.3) is 0 Å². The third-order valence-corrected chi connectivity index (χ3v) is 3.50. The van der Waals surface area contributed by atoms with E-state index in [0.29, 0.717) is 5.92 Å². The van der Waals surface area contributed by atoms with E-state index in [1.54, 1.807) is 0 Å². The van der Waals surface area contributed by atoms with Crippen LogP contribution < -0.4 is 11.1 Å². The number of halogens is 1. The van der Waals surface area contributed by atoms with Gasteiger partial charge >= 0.3 is 0 Å². The zero-order valence-electron chi connectivity index (χ0n) is 10.2. The lowest BCUT2D eigenvalue weighted by molar-refractivity contribution is 0.255. The number of nitrogens with two attached hydrogens (primary N) is 1. The molecule has 1 rings (SSSR count). The molecule has 3 nitrogen and oxygen atoms in total. The van der Waals surface area contributed by atoms with Gasteiger partial charge in [-0.3, -0.25) is 0 Å². The van der Waals surface area contributed by atoms with Gasteiger partial charge in [-0.05, 0) is 59.5 Å². The molecule has 0 saturated carbocycles. The smallest absolute Gasteiger partial charge is 0.0574 e. The maximum Gasteiger partial charge on any atom is 0.0574 e. The summed E-state index contributed by atoms with van der Waals surface area (Å²) in [6, 6.07) is 6.02. The first-order valence-corrected chi connectivity index (χ1v) is 7.15. The molecule has 4 N–H and O–H groups in total. The van der Waals surface area contributed by atoms with E-state index in [4.69, 9.17) is 10.8 Å². The Labute approximate surface area is 117 Å². The summed E-state index contributed by atoms with van der Waals surface area (Å²) in [6.07, 6.45) is 3.14. The number of nitrogen functional groups attached to an aromatic ring is 1. The van der Waals surface area contributed by atoms with Crippen molar-refractivity contribution in [3.8, 4) is 0 Å². The number of anilines is 2. The Hall–Kier alpha value is -0.490. The molecule has 1 unspecified atom stereocenters. The third-order valence-electron chi connectivity index (χ3n) is 2.83. The van der Waals surface area contributed by atoms with Crippen LogP contribution in [0.4, 0.5) is 11.4 Å². The minimum absolute atomic E-state index is 0.258. The minimum Gasteiger partial charge on any atom is -0.397 e.